The van der Waals surface area contributed by atoms with Crippen molar-refractivity contribution in [3.8, 4) is 5.75 Å². The lowest BCUT2D eigenvalue weighted by Gasteiger charge is -2.33. The van der Waals surface area contributed by atoms with Crippen molar-refractivity contribution in [2.24, 2.45) is 11.8 Å². The molecule has 0 bridgehead atoms. The first-order valence-electron chi connectivity index (χ1n) is 8.83. The van der Waals surface area contributed by atoms with Gasteiger partial charge in [0.25, 0.3) is 0 Å². The number of carbonyl (C=O) groups is 2. The number of anilines is 1. The molecule has 1 fully saturated rings. The van der Waals surface area contributed by atoms with Gasteiger partial charge < -0.3 is 15.0 Å². The Hall–Kier alpha value is -2.04. The predicted octanol–water partition coefficient (Wildman–Crippen LogP) is 3.31. The average molecular weight is 332 g/mol. The zero-order chi connectivity index (χ0) is 17.5. The molecule has 1 heterocycles. The first-order valence-corrected chi connectivity index (χ1v) is 8.83. The van der Waals surface area contributed by atoms with E-state index < -0.39 is 0 Å². The minimum absolute atomic E-state index is 0.00846. The van der Waals surface area contributed by atoms with Gasteiger partial charge in [0, 0.05) is 24.9 Å². The van der Waals surface area contributed by atoms with Gasteiger partial charge in [-0.3, -0.25) is 9.59 Å². The van der Waals surface area contributed by atoms with Gasteiger partial charge in [-0.15, -0.1) is 0 Å². The Balaban J connectivity index is 1.90. The first kappa shape index (κ1) is 18.3. The number of carbonyl (C=O) groups excluding carboxylic acids is 2. The van der Waals surface area contributed by atoms with Crippen LogP contribution < -0.4 is 10.1 Å². The first-order chi connectivity index (χ1) is 11.6. The molecule has 0 saturated carbocycles. The molecule has 0 atom stereocenters. The second-order valence-corrected chi connectivity index (χ2v) is 6.30. The normalized spacial score (nSPS) is 15.4. The van der Waals surface area contributed by atoms with E-state index in [1.54, 1.807) is 7.11 Å². The van der Waals surface area contributed by atoms with Crippen LogP contribution in [-0.2, 0) is 9.59 Å². The number of ether oxygens (including phenoxy) is 1. The van der Waals surface area contributed by atoms with E-state index in [0.717, 1.165) is 12.8 Å². The van der Waals surface area contributed by atoms with Crippen molar-refractivity contribution < 1.29 is 14.3 Å². The second kappa shape index (κ2) is 8.71. The highest BCUT2D eigenvalue weighted by atomic mass is 16.5. The summed E-state index contributed by atoms with van der Waals surface area (Å²) in [6.45, 7) is 5.44. The number of amides is 2. The van der Waals surface area contributed by atoms with Crippen LogP contribution in [0.25, 0.3) is 0 Å². The highest BCUT2D eigenvalue weighted by molar-refractivity contribution is 5.94. The Morgan fingerprint density at radius 1 is 1.21 bits per heavy atom. The molecule has 1 aromatic carbocycles. The molecule has 1 aliphatic rings. The van der Waals surface area contributed by atoms with Gasteiger partial charge in [-0.2, -0.15) is 0 Å². The standard InChI is InChI=1S/C19H28N2O3/c1-4-14(5-2)19(23)21-12-10-15(11-13-21)18(22)20-16-8-6-7-9-17(16)24-3/h6-9,14-15H,4-5,10-13H2,1-3H3,(H,20,22). The fourth-order valence-electron chi connectivity index (χ4n) is 3.24. The molecule has 2 amide bonds. The summed E-state index contributed by atoms with van der Waals surface area (Å²) in [5.74, 6) is 0.967. The SMILES string of the molecule is CCC(CC)C(=O)N1CCC(C(=O)Nc2ccccc2OC)CC1. The van der Waals surface area contributed by atoms with Crippen molar-refractivity contribution in [3.05, 3.63) is 24.3 Å². The van der Waals surface area contributed by atoms with E-state index in [9.17, 15) is 9.59 Å². The van der Waals surface area contributed by atoms with Gasteiger partial charge >= 0.3 is 0 Å². The van der Waals surface area contributed by atoms with Crippen molar-refractivity contribution in [1.82, 2.24) is 4.90 Å². The van der Waals surface area contributed by atoms with Crippen molar-refractivity contribution in [2.45, 2.75) is 39.5 Å². The number of rotatable bonds is 6. The quantitative estimate of drug-likeness (QED) is 0.869. The van der Waals surface area contributed by atoms with Gasteiger partial charge in [0.1, 0.15) is 5.75 Å². The number of nitrogens with one attached hydrogen (secondary N) is 1. The van der Waals surface area contributed by atoms with E-state index in [1.165, 1.54) is 0 Å². The molecule has 0 spiro atoms. The van der Waals surface area contributed by atoms with Crippen LogP contribution >= 0.6 is 0 Å². The lowest BCUT2D eigenvalue weighted by atomic mass is 9.93. The van der Waals surface area contributed by atoms with Gasteiger partial charge in [-0.05, 0) is 37.8 Å². The van der Waals surface area contributed by atoms with E-state index >= 15 is 0 Å². The minimum Gasteiger partial charge on any atom is -0.495 e. The van der Waals surface area contributed by atoms with Crippen molar-refractivity contribution >= 4 is 17.5 Å². The number of piperidine rings is 1. The van der Waals surface area contributed by atoms with Crippen LogP contribution in [0.3, 0.4) is 0 Å². The lowest BCUT2D eigenvalue weighted by Crippen LogP contribution is -2.43. The van der Waals surface area contributed by atoms with E-state index in [1.807, 2.05) is 29.2 Å². The summed E-state index contributed by atoms with van der Waals surface area (Å²) in [6.07, 6.45) is 3.19. The number of nitrogens with zero attached hydrogens (tertiary/aromatic N) is 1. The Bertz CT molecular complexity index is 561. The van der Waals surface area contributed by atoms with Crippen molar-refractivity contribution in [2.75, 3.05) is 25.5 Å². The zero-order valence-corrected chi connectivity index (χ0v) is 14.9. The zero-order valence-electron chi connectivity index (χ0n) is 14.9. The largest absolute Gasteiger partial charge is 0.495 e. The van der Waals surface area contributed by atoms with E-state index in [0.29, 0.717) is 37.4 Å². The molecule has 0 aliphatic carbocycles. The Morgan fingerprint density at radius 3 is 2.42 bits per heavy atom. The number of para-hydroxylation sites is 2. The smallest absolute Gasteiger partial charge is 0.227 e. The topological polar surface area (TPSA) is 58.6 Å². The monoisotopic (exact) mass is 332 g/mol. The highest BCUT2D eigenvalue weighted by Gasteiger charge is 2.29. The molecular formula is C19H28N2O3. The van der Waals surface area contributed by atoms with Crippen LogP contribution in [0.15, 0.2) is 24.3 Å². The van der Waals surface area contributed by atoms with Crippen LogP contribution in [0.2, 0.25) is 0 Å². The second-order valence-electron chi connectivity index (χ2n) is 6.30. The van der Waals surface area contributed by atoms with Crippen LogP contribution in [0.5, 0.6) is 5.75 Å². The number of benzene rings is 1. The van der Waals surface area contributed by atoms with E-state index in [2.05, 4.69) is 19.2 Å². The van der Waals surface area contributed by atoms with Gasteiger partial charge in [0.2, 0.25) is 11.8 Å². The maximum absolute atomic E-state index is 12.5. The Kier molecular flexibility index (Phi) is 6.64. The summed E-state index contributed by atoms with van der Waals surface area (Å²) >= 11 is 0. The molecule has 1 aliphatic heterocycles. The van der Waals surface area contributed by atoms with Gasteiger partial charge in [-0.25, -0.2) is 0 Å². The van der Waals surface area contributed by atoms with E-state index in [4.69, 9.17) is 4.74 Å². The number of likely N-dealkylation sites (tertiary alicyclic amines) is 1. The van der Waals surface area contributed by atoms with Crippen LogP contribution in [0.4, 0.5) is 5.69 Å². The summed E-state index contributed by atoms with van der Waals surface area (Å²) < 4.78 is 5.27. The highest BCUT2D eigenvalue weighted by Crippen LogP contribution is 2.26. The molecule has 1 aromatic rings. The molecule has 2 rings (SSSR count). The van der Waals surface area contributed by atoms with Gasteiger partial charge in [0.05, 0.1) is 12.8 Å². The summed E-state index contributed by atoms with van der Waals surface area (Å²) in [5, 5.41) is 2.95. The third-order valence-electron chi connectivity index (χ3n) is 4.88. The number of hydrogen-bond acceptors (Lipinski definition) is 3. The maximum Gasteiger partial charge on any atom is 0.227 e. The predicted molar refractivity (Wildman–Crippen MR) is 95.0 cm³/mol. The summed E-state index contributed by atoms with van der Waals surface area (Å²) in [6, 6.07) is 7.40. The minimum atomic E-state index is -0.0549. The molecule has 0 unspecified atom stereocenters. The maximum atomic E-state index is 12.5. The molecular weight excluding hydrogens is 304 g/mol. The molecule has 1 saturated heterocycles. The average Bonchev–Trinajstić information content (AvgIpc) is 2.63. The lowest BCUT2D eigenvalue weighted by molar-refractivity contribution is -0.138. The third kappa shape index (κ3) is 4.28. The Labute approximate surface area is 144 Å². The molecule has 1 N–H and O–H groups in total. The fourth-order valence-corrected chi connectivity index (χ4v) is 3.24. The fraction of sp³-hybridized carbons (Fsp3) is 0.579. The molecule has 132 valence electrons. The van der Waals surface area contributed by atoms with Crippen molar-refractivity contribution in [3.63, 3.8) is 0 Å². The van der Waals surface area contributed by atoms with Crippen molar-refractivity contribution in [1.29, 1.82) is 0 Å². The van der Waals surface area contributed by atoms with Gasteiger partial charge in [-0.1, -0.05) is 26.0 Å². The van der Waals surface area contributed by atoms with Crippen LogP contribution in [0, 0.1) is 11.8 Å². The Morgan fingerprint density at radius 2 is 1.83 bits per heavy atom. The van der Waals surface area contributed by atoms with Crippen LogP contribution in [0.1, 0.15) is 39.5 Å². The molecule has 0 radical (unpaired) electrons. The summed E-state index contributed by atoms with van der Waals surface area (Å²) in [4.78, 5) is 26.8. The summed E-state index contributed by atoms with van der Waals surface area (Å²) in [7, 11) is 1.59. The van der Waals surface area contributed by atoms with E-state index in [-0.39, 0.29) is 23.7 Å². The van der Waals surface area contributed by atoms with Crippen LogP contribution in [-0.4, -0.2) is 36.9 Å². The summed E-state index contributed by atoms with van der Waals surface area (Å²) in [5.41, 5.74) is 0.695. The molecule has 24 heavy (non-hydrogen) atoms. The van der Waals surface area contributed by atoms with Gasteiger partial charge in [0.15, 0.2) is 0 Å². The number of hydrogen-bond donors (Lipinski definition) is 1. The molecule has 0 aromatic heterocycles. The third-order valence-corrected chi connectivity index (χ3v) is 4.88. The molecule has 5 heteroatoms. The molecule has 5 nitrogen and oxygen atoms in total. The number of methoxy groups -OCH3 is 1.